The maximum atomic E-state index is 6.35. The predicted molar refractivity (Wildman–Crippen MR) is 84.7 cm³/mol. The fraction of sp³-hybridized carbons (Fsp3) is 0.667. The van der Waals surface area contributed by atoms with E-state index in [0.717, 1.165) is 37.7 Å². The lowest BCUT2D eigenvalue weighted by Crippen LogP contribution is -2.44. The summed E-state index contributed by atoms with van der Waals surface area (Å²) in [7, 11) is 0. The zero-order chi connectivity index (χ0) is 14.7. The lowest BCUT2D eigenvalue weighted by molar-refractivity contribution is -0.0775. The van der Waals surface area contributed by atoms with Gasteiger partial charge in [-0.05, 0) is 37.7 Å². The molecule has 1 aliphatic carbocycles. The monoisotopic (exact) mass is 289 g/mol. The summed E-state index contributed by atoms with van der Waals surface area (Å²) in [5.41, 5.74) is 7.24. The zero-order valence-corrected chi connectivity index (χ0v) is 13.0. The molecule has 1 heterocycles. The van der Waals surface area contributed by atoms with Crippen molar-refractivity contribution in [1.82, 2.24) is 0 Å². The molecule has 21 heavy (non-hydrogen) atoms. The summed E-state index contributed by atoms with van der Waals surface area (Å²) in [4.78, 5) is 0. The standard InChI is InChI=1S/C18H27NO2/c1-2-14-7-9-18(13-19,10-8-14)21-12-15-11-20-17-6-4-3-5-16(15)17/h3-6,14-15H,2,7-13,19H2,1H3. The number of nitrogens with two attached hydrogens (primary N) is 1. The third kappa shape index (κ3) is 3.09. The van der Waals surface area contributed by atoms with E-state index in [0.29, 0.717) is 12.5 Å². The van der Waals surface area contributed by atoms with Gasteiger partial charge in [0.1, 0.15) is 5.75 Å². The van der Waals surface area contributed by atoms with Gasteiger partial charge in [-0.25, -0.2) is 0 Å². The number of ether oxygens (including phenoxy) is 2. The lowest BCUT2D eigenvalue weighted by Gasteiger charge is -2.39. The maximum Gasteiger partial charge on any atom is 0.123 e. The first-order chi connectivity index (χ1) is 10.3. The summed E-state index contributed by atoms with van der Waals surface area (Å²) in [6, 6.07) is 8.29. The number of fused-ring (bicyclic) bond motifs is 1. The molecule has 0 saturated heterocycles. The van der Waals surface area contributed by atoms with Crippen LogP contribution in [0.3, 0.4) is 0 Å². The van der Waals surface area contributed by atoms with Crippen LogP contribution in [0.25, 0.3) is 0 Å². The van der Waals surface area contributed by atoms with Crippen molar-refractivity contribution in [2.75, 3.05) is 19.8 Å². The fourth-order valence-electron chi connectivity index (χ4n) is 3.66. The molecule has 3 nitrogen and oxygen atoms in total. The molecule has 0 radical (unpaired) electrons. The molecule has 3 heteroatoms. The molecule has 1 unspecified atom stereocenters. The number of rotatable bonds is 5. The molecule has 2 aliphatic rings. The van der Waals surface area contributed by atoms with E-state index in [1.807, 2.05) is 12.1 Å². The Morgan fingerprint density at radius 1 is 1.29 bits per heavy atom. The lowest BCUT2D eigenvalue weighted by atomic mass is 9.77. The Labute approximate surface area is 127 Å². The van der Waals surface area contributed by atoms with E-state index in [1.54, 1.807) is 0 Å². The summed E-state index contributed by atoms with van der Waals surface area (Å²) in [6.07, 6.45) is 6.01. The third-order valence-corrected chi connectivity index (χ3v) is 5.36. The molecule has 0 bridgehead atoms. The molecule has 3 rings (SSSR count). The smallest absolute Gasteiger partial charge is 0.123 e. The second-order valence-corrected chi connectivity index (χ2v) is 6.60. The summed E-state index contributed by atoms with van der Waals surface area (Å²) >= 11 is 0. The van der Waals surface area contributed by atoms with Crippen LogP contribution in [0.1, 0.15) is 50.5 Å². The first kappa shape index (κ1) is 14.9. The van der Waals surface area contributed by atoms with Gasteiger partial charge in [-0.1, -0.05) is 31.5 Å². The highest BCUT2D eigenvalue weighted by Crippen LogP contribution is 2.38. The number of hydrogen-bond donors (Lipinski definition) is 1. The van der Waals surface area contributed by atoms with E-state index in [2.05, 4.69) is 19.1 Å². The minimum Gasteiger partial charge on any atom is -0.493 e. The van der Waals surface area contributed by atoms with Crippen LogP contribution >= 0.6 is 0 Å². The van der Waals surface area contributed by atoms with Gasteiger partial charge in [-0.2, -0.15) is 0 Å². The Morgan fingerprint density at radius 2 is 2.05 bits per heavy atom. The molecule has 1 saturated carbocycles. The van der Waals surface area contributed by atoms with Crippen molar-refractivity contribution in [3.05, 3.63) is 29.8 Å². The largest absolute Gasteiger partial charge is 0.493 e. The van der Waals surface area contributed by atoms with Crippen molar-refractivity contribution in [3.8, 4) is 5.75 Å². The fourth-order valence-corrected chi connectivity index (χ4v) is 3.66. The van der Waals surface area contributed by atoms with Gasteiger partial charge < -0.3 is 15.2 Å². The quantitative estimate of drug-likeness (QED) is 0.902. The van der Waals surface area contributed by atoms with E-state index in [-0.39, 0.29) is 5.60 Å². The molecule has 1 fully saturated rings. The molecule has 116 valence electrons. The first-order valence-electron chi connectivity index (χ1n) is 8.32. The van der Waals surface area contributed by atoms with Crippen LogP contribution in [0, 0.1) is 5.92 Å². The van der Waals surface area contributed by atoms with Gasteiger partial charge in [0.05, 0.1) is 18.8 Å². The van der Waals surface area contributed by atoms with Crippen LogP contribution in [0.5, 0.6) is 5.75 Å². The van der Waals surface area contributed by atoms with Gasteiger partial charge >= 0.3 is 0 Å². The maximum absolute atomic E-state index is 6.35. The van der Waals surface area contributed by atoms with Gasteiger partial charge in [0.15, 0.2) is 0 Å². The van der Waals surface area contributed by atoms with E-state index >= 15 is 0 Å². The zero-order valence-electron chi connectivity index (χ0n) is 13.0. The van der Waals surface area contributed by atoms with Crippen LogP contribution in [-0.4, -0.2) is 25.4 Å². The highest BCUT2D eigenvalue weighted by atomic mass is 16.5. The number of hydrogen-bond acceptors (Lipinski definition) is 3. The SMILES string of the molecule is CCC1CCC(CN)(OCC2COc3ccccc32)CC1. The van der Waals surface area contributed by atoms with Crippen LogP contribution < -0.4 is 10.5 Å². The van der Waals surface area contributed by atoms with Crippen molar-refractivity contribution < 1.29 is 9.47 Å². The van der Waals surface area contributed by atoms with Crippen molar-refractivity contribution in [2.45, 2.75) is 50.5 Å². The van der Waals surface area contributed by atoms with Gasteiger partial charge in [0.2, 0.25) is 0 Å². The van der Waals surface area contributed by atoms with Crippen molar-refractivity contribution >= 4 is 0 Å². The highest BCUT2D eigenvalue weighted by Gasteiger charge is 2.36. The van der Waals surface area contributed by atoms with E-state index in [9.17, 15) is 0 Å². The van der Waals surface area contributed by atoms with E-state index in [1.165, 1.54) is 24.8 Å². The first-order valence-corrected chi connectivity index (χ1v) is 8.32. The topological polar surface area (TPSA) is 44.5 Å². The van der Waals surface area contributed by atoms with Crippen molar-refractivity contribution in [2.24, 2.45) is 11.7 Å². The normalized spacial score (nSPS) is 31.7. The molecule has 1 atom stereocenters. The minimum absolute atomic E-state index is 0.0940. The van der Waals surface area contributed by atoms with Crippen LogP contribution in [0.2, 0.25) is 0 Å². The van der Waals surface area contributed by atoms with E-state index in [4.69, 9.17) is 15.2 Å². The molecular weight excluding hydrogens is 262 g/mol. The Morgan fingerprint density at radius 3 is 2.76 bits per heavy atom. The number of benzene rings is 1. The molecule has 1 aliphatic heterocycles. The summed E-state index contributed by atoms with van der Waals surface area (Å²) in [6.45, 7) is 4.38. The van der Waals surface area contributed by atoms with Gasteiger partial charge in [0, 0.05) is 18.0 Å². The Kier molecular flexibility index (Phi) is 4.51. The van der Waals surface area contributed by atoms with Gasteiger partial charge in [0.25, 0.3) is 0 Å². The molecule has 0 aromatic heterocycles. The average Bonchev–Trinajstić information content (AvgIpc) is 2.97. The molecular formula is C18H27NO2. The molecule has 0 spiro atoms. The molecule has 0 amide bonds. The third-order valence-electron chi connectivity index (χ3n) is 5.36. The van der Waals surface area contributed by atoms with Crippen LogP contribution in [-0.2, 0) is 4.74 Å². The van der Waals surface area contributed by atoms with Gasteiger partial charge in [-0.15, -0.1) is 0 Å². The second kappa shape index (κ2) is 6.37. The van der Waals surface area contributed by atoms with Crippen molar-refractivity contribution in [1.29, 1.82) is 0 Å². The van der Waals surface area contributed by atoms with Gasteiger partial charge in [-0.3, -0.25) is 0 Å². The Bertz CT molecular complexity index is 466. The van der Waals surface area contributed by atoms with Crippen molar-refractivity contribution in [3.63, 3.8) is 0 Å². The Hall–Kier alpha value is -1.06. The summed E-state index contributed by atoms with van der Waals surface area (Å²) in [5.74, 6) is 2.24. The average molecular weight is 289 g/mol. The van der Waals surface area contributed by atoms with E-state index < -0.39 is 0 Å². The number of para-hydroxylation sites is 1. The minimum atomic E-state index is -0.0940. The molecule has 1 aromatic rings. The second-order valence-electron chi connectivity index (χ2n) is 6.60. The summed E-state index contributed by atoms with van der Waals surface area (Å²) < 4.78 is 12.1. The summed E-state index contributed by atoms with van der Waals surface area (Å²) in [5, 5.41) is 0. The molecule has 1 aromatic carbocycles. The predicted octanol–water partition coefficient (Wildman–Crippen LogP) is 3.48. The Balaban J connectivity index is 1.59. The van der Waals surface area contributed by atoms with Crippen LogP contribution in [0.15, 0.2) is 24.3 Å². The van der Waals surface area contributed by atoms with Crippen LogP contribution in [0.4, 0.5) is 0 Å². The highest BCUT2D eigenvalue weighted by molar-refractivity contribution is 5.39. The molecule has 2 N–H and O–H groups in total.